The van der Waals surface area contributed by atoms with Crippen molar-refractivity contribution in [2.24, 2.45) is 11.3 Å². The minimum atomic E-state index is 0.320. The van der Waals surface area contributed by atoms with E-state index >= 15 is 0 Å². The molecule has 0 heterocycles. The molecule has 17 heavy (non-hydrogen) atoms. The molecule has 0 aliphatic rings. The second-order valence-corrected chi connectivity index (χ2v) is 6.23. The van der Waals surface area contributed by atoms with Crippen LogP contribution in [0.25, 0.3) is 0 Å². The van der Waals surface area contributed by atoms with Crippen LogP contribution in [-0.2, 0) is 0 Å². The molecule has 0 spiro atoms. The first-order valence-corrected chi connectivity index (χ1v) is 6.69. The Labute approximate surface area is 111 Å². The van der Waals surface area contributed by atoms with E-state index in [4.69, 9.17) is 11.6 Å². The van der Waals surface area contributed by atoms with Gasteiger partial charge in [-0.1, -0.05) is 51.4 Å². The molecule has 0 radical (unpaired) electrons. The molecule has 1 N–H and O–H groups in total. The van der Waals surface area contributed by atoms with Crippen LogP contribution in [0.4, 0.5) is 0 Å². The number of nitrogens with one attached hydrogen (secondary N) is 1. The molecule has 0 saturated heterocycles. The van der Waals surface area contributed by atoms with Crippen LogP contribution in [0.15, 0.2) is 24.3 Å². The predicted molar refractivity (Wildman–Crippen MR) is 76.5 cm³/mol. The Morgan fingerprint density at radius 3 is 2.12 bits per heavy atom. The second kappa shape index (κ2) is 5.88. The van der Waals surface area contributed by atoms with Gasteiger partial charge in [0, 0.05) is 17.6 Å². The SMILES string of the molecule is CC(NCC(C)(C)C(C)C)c1ccc(Cl)cc1. The maximum Gasteiger partial charge on any atom is 0.0406 e. The zero-order valence-corrected chi connectivity index (χ0v) is 12.3. The Hall–Kier alpha value is -0.530. The Morgan fingerprint density at radius 1 is 1.12 bits per heavy atom. The summed E-state index contributed by atoms with van der Waals surface area (Å²) in [6.45, 7) is 12.4. The lowest BCUT2D eigenvalue weighted by Gasteiger charge is -2.31. The number of halogens is 1. The van der Waals surface area contributed by atoms with Crippen molar-refractivity contribution in [1.82, 2.24) is 5.32 Å². The van der Waals surface area contributed by atoms with Gasteiger partial charge in [-0.25, -0.2) is 0 Å². The molecule has 1 atom stereocenters. The molecule has 1 unspecified atom stereocenters. The van der Waals surface area contributed by atoms with Gasteiger partial charge in [-0.15, -0.1) is 0 Å². The fraction of sp³-hybridized carbons (Fsp3) is 0.600. The minimum absolute atomic E-state index is 0.320. The molecule has 0 aliphatic carbocycles. The highest BCUT2D eigenvalue weighted by atomic mass is 35.5. The van der Waals surface area contributed by atoms with E-state index in [9.17, 15) is 0 Å². The zero-order valence-electron chi connectivity index (χ0n) is 11.5. The number of hydrogen-bond donors (Lipinski definition) is 1. The van der Waals surface area contributed by atoms with E-state index in [2.05, 4.69) is 52.1 Å². The summed E-state index contributed by atoms with van der Waals surface area (Å²) in [5, 5.41) is 4.39. The normalized spacial score (nSPS) is 14.1. The van der Waals surface area contributed by atoms with E-state index in [0.717, 1.165) is 11.6 Å². The van der Waals surface area contributed by atoms with Gasteiger partial charge in [-0.2, -0.15) is 0 Å². The van der Waals surface area contributed by atoms with Crippen molar-refractivity contribution in [2.75, 3.05) is 6.54 Å². The first-order chi connectivity index (χ1) is 7.83. The second-order valence-electron chi connectivity index (χ2n) is 5.80. The van der Waals surface area contributed by atoms with Gasteiger partial charge < -0.3 is 5.32 Å². The summed E-state index contributed by atoms with van der Waals surface area (Å²) < 4.78 is 0. The van der Waals surface area contributed by atoms with E-state index < -0.39 is 0 Å². The smallest absolute Gasteiger partial charge is 0.0406 e. The molecule has 1 nitrogen and oxygen atoms in total. The fourth-order valence-corrected chi connectivity index (χ4v) is 1.62. The summed E-state index contributed by atoms with van der Waals surface area (Å²) in [5.74, 6) is 0.674. The monoisotopic (exact) mass is 253 g/mol. The average molecular weight is 254 g/mol. The molecule has 96 valence electrons. The summed E-state index contributed by atoms with van der Waals surface area (Å²) in [5.41, 5.74) is 1.61. The largest absolute Gasteiger partial charge is 0.310 e. The molecule has 1 rings (SSSR count). The van der Waals surface area contributed by atoms with Crippen LogP contribution in [0, 0.1) is 11.3 Å². The van der Waals surface area contributed by atoms with Gasteiger partial charge in [0.2, 0.25) is 0 Å². The molecule has 0 aliphatic heterocycles. The molecule has 1 aromatic carbocycles. The fourth-order valence-electron chi connectivity index (χ4n) is 1.49. The third-order valence-electron chi connectivity index (χ3n) is 3.80. The van der Waals surface area contributed by atoms with Crippen LogP contribution in [0.3, 0.4) is 0 Å². The van der Waals surface area contributed by atoms with Crippen LogP contribution in [-0.4, -0.2) is 6.54 Å². The Morgan fingerprint density at radius 2 is 1.65 bits per heavy atom. The van der Waals surface area contributed by atoms with E-state index in [1.807, 2.05) is 12.1 Å². The average Bonchev–Trinajstić information content (AvgIpc) is 2.27. The van der Waals surface area contributed by atoms with E-state index in [-0.39, 0.29) is 0 Å². The Bertz CT molecular complexity index is 340. The summed E-state index contributed by atoms with van der Waals surface area (Å²) in [6, 6.07) is 8.43. The van der Waals surface area contributed by atoms with Crippen molar-refractivity contribution < 1.29 is 0 Å². The van der Waals surface area contributed by atoms with Crippen LogP contribution < -0.4 is 5.32 Å². The van der Waals surface area contributed by atoms with Crippen molar-refractivity contribution >= 4 is 11.6 Å². The van der Waals surface area contributed by atoms with Crippen LogP contribution in [0.1, 0.15) is 46.2 Å². The summed E-state index contributed by atoms with van der Waals surface area (Å²) in [6.07, 6.45) is 0. The predicted octanol–water partition coefficient (Wildman–Crippen LogP) is 4.67. The number of hydrogen-bond acceptors (Lipinski definition) is 1. The molecular formula is C15H24ClN. The van der Waals surface area contributed by atoms with Crippen molar-refractivity contribution in [3.63, 3.8) is 0 Å². The molecule has 2 heteroatoms. The number of benzene rings is 1. The van der Waals surface area contributed by atoms with Gasteiger partial charge in [0.05, 0.1) is 0 Å². The van der Waals surface area contributed by atoms with Gasteiger partial charge in [0.1, 0.15) is 0 Å². The van der Waals surface area contributed by atoms with Gasteiger partial charge in [-0.3, -0.25) is 0 Å². The lowest BCUT2D eigenvalue weighted by atomic mass is 9.81. The summed E-state index contributed by atoms with van der Waals surface area (Å²) in [7, 11) is 0. The van der Waals surface area contributed by atoms with Crippen LogP contribution in [0.2, 0.25) is 5.02 Å². The first-order valence-electron chi connectivity index (χ1n) is 6.32. The highest BCUT2D eigenvalue weighted by Gasteiger charge is 2.22. The van der Waals surface area contributed by atoms with E-state index in [1.54, 1.807) is 0 Å². The van der Waals surface area contributed by atoms with Crippen molar-refractivity contribution in [3.8, 4) is 0 Å². The standard InChI is InChI=1S/C15H24ClN/c1-11(2)15(4,5)10-17-12(3)13-6-8-14(16)9-7-13/h6-9,11-12,17H,10H2,1-5H3. The molecular weight excluding hydrogens is 230 g/mol. The van der Waals surface area contributed by atoms with Crippen LogP contribution in [0.5, 0.6) is 0 Å². The Kier molecular flexibility index (Phi) is 5.03. The molecule has 0 amide bonds. The lowest BCUT2D eigenvalue weighted by Crippen LogP contribution is -2.34. The maximum absolute atomic E-state index is 5.89. The van der Waals surface area contributed by atoms with Gasteiger partial charge in [-0.05, 0) is 36.0 Å². The molecule has 0 bridgehead atoms. The topological polar surface area (TPSA) is 12.0 Å². The highest BCUT2D eigenvalue weighted by molar-refractivity contribution is 6.30. The molecule has 0 saturated carbocycles. The lowest BCUT2D eigenvalue weighted by molar-refractivity contribution is 0.230. The van der Waals surface area contributed by atoms with Crippen molar-refractivity contribution in [1.29, 1.82) is 0 Å². The van der Waals surface area contributed by atoms with Crippen molar-refractivity contribution in [3.05, 3.63) is 34.9 Å². The van der Waals surface area contributed by atoms with Crippen molar-refractivity contribution in [2.45, 2.75) is 40.7 Å². The van der Waals surface area contributed by atoms with E-state index in [1.165, 1.54) is 5.56 Å². The molecule has 1 aromatic rings. The minimum Gasteiger partial charge on any atom is -0.310 e. The van der Waals surface area contributed by atoms with E-state index in [0.29, 0.717) is 17.4 Å². The highest BCUT2D eigenvalue weighted by Crippen LogP contribution is 2.26. The Balaban J connectivity index is 2.55. The summed E-state index contributed by atoms with van der Waals surface area (Å²) in [4.78, 5) is 0. The van der Waals surface area contributed by atoms with Gasteiger partial charge in [0.15, 0.2) is 0 Å². The van der Waals surface area contributed by atoms with Crippen LogP contribution >= 0.6 is 11.6 Å². The number of rotatable bonds is 5. The first kappa shape index (κ1) is 14.5. The zero-order chi connectivity index (χ0) is 13.1. The van der Waals surface area contributed by atoms with Gasteiger partial charge in [0.25, 0.3) is 0 Å². The van der Waals surface area contributed by atoms with Gasteiger partial charge >= 0.3 is 0 Å². The third-order valence-corrected chi connectivity index (χ3v) is 4.05. The maximum atomic E-state index is 5.89. The molecule has 0 aromatic heterocycles. The summed E-state index contributed by atoms with van der Waals surface area (Å²) >= 11 is 5.89. The molecule has 0 fully saturated rings. The quantitative estimate of drug-likeness (QED) is 0.804. The third kappa shape index (κ3) is 4.33.